The maximum atomic E-state index is 12.8. The minimum Gasteiger partial charge on any atom is -0.446 e. The van der Waals surface area contributed by atoms with E-state index in [-0.39, 0.29) is 5.56 Å². The highest BCUT2D eigenvalue weighted by molar-refractivity contribution is 5.87. The molecule has 0 N–H and O–H groups in total. The Labute approximate surface area is 139 Å². The van der Waals surface area contributed by atoms with Crippen LogP contribution in [0.3, 0.4) is 0 Å². The molecule has 24 heavy (non-hydrogen) atoms. The molecule has 0 atom stereocenters. The van der Waals surface area contributed by atoms with Gasteiger partial charge >= 0.3 is 6.09 Å². The maximum Gasteiger partial charge on any atom is 0.430 e. The summed E-state index contributed by atoms with van der Waals surface area (Å²) in [5, 5.41) is 5.31. The Kier molecular flexibility index (Phi) is 4.45. The molecule has 1 fully saturated rings. The molecule has 3 heterocycles. The Morgan fingerprint density at radius 2 is 2.12 bits per heavy atom. The van der Waals surface area contributed by atoms with Crippen LogP contribution >= 0.6 is 0 Å². The van der Waals surface area contributed by atoms with Gasteiger partial charge in [-0.3, -0.25) is 9.20 Å². The number of amides is 1. The Bertz CT molecular complexity index is 841. The van der Waals surface area contributed by atoms with Gasteiger partial charge < -0.3 is 9.64 Å². The third-order valence-corrected chi connectivity index (χ3v) is 3.88. The molecule has 1 amide bonds. The number of anilines is 1. The van der Waals surface area contributed by atoms with E-state index < -0.39 is 6.09 Å². The van der Waals surface area contributed by atoms with Crippen molar-refractivity contribution in [2.24, 2.45) is 5.10 Å². The van der Waals surface area contributed by atoms with Gasteiger partial charge in [-0.1, -0.05) is 6.07 Å². The molecule has 2 aromatic rings. The van der Waals surface area contributed by atoms with E-state index in [9.17, 15) is 9.59 Å². The van der Waals surface area contributed by atoms with Crippen molar-refractivity contribution in [1.29, 1.82) is 0 Å². The molecule has 1 aliphatic rings. The molecule has 0 spiro atoms. The van der Waals surface area contributed by atoms with E-state index in [0.717, 1.165) is 0 Å². The summed E-state index contributed by atoms with van der Waals surface area (Å²) in [4.78, 5) is 30.9. The first-order valence-corrected chi connectivity index (χ1v) is 7.90. The second-order valence-corrected chi connectivity index (χ2v) is 5.24. The highest BCUT2D eigenvalue weighted by Crippen LogP contribution is 2.15. The van der Waals surface area contributed by atoms with E-state index in [2.05, 4.69) is 10.1 Å². The molecular weight excluding hydrogens is 310 g/mol. The first kappa shape index (κ1) is 16.0. The summed E-state index contributed by atoms with van der Waals surface area (Å²) < 4.78 is 6.31. The molecule has 3 rings (SSSR count). The fraction of sp³-hybridized carbons (Fsp3) is 0.375. The summed E-state index contributed by atoms with van der Waals surface area (Å²) in [7, 11) is 0. The standard InChI is InChI=1S/C16H19N5O3/c1-3-19(4-2)14-12(11-17-21-9-10-24-16(21)23)15(22)20-8-6-5-7-13(20)18-14/h5-8,11H,3-4,9-10H2,1-2H3. The van der Waals surface area contributed by atoms with Crippen LogP contribution in [0.5, 0.6) is 0 Å². The number of rotatable bonds is 5. The van der Waals surface area contributed by atoms with Gasteiger partial charge in [-0.05, 0) is 26.0 Å². The summed E-state index contributed by atoms with van der Waals surface area (Å²) in [6.45, 7) is 6.08. The summed E-state index contributed by atoms with van der Waals surface area (Å²) >= 11 is 0. The highest BCUT2D eigenvalue weighted by atomic mass is 16.6. The van der Waals surface area contributed by atoms with Crippen molar-refractivity contribution in [2.45, 2.75) is 13.8 Å². The number of hydrogen-bond donors (Lipinski definition) is 0. The van der Waals surface area contributed by atoms with Crippen molar-refractivity contribution in [2.75, 3.05) is 31.1 Å². The number of fused-ring (bicyclic) bond motifs is 1. The van der Waals surface area contributed by atoms with Crippen molar-refractivity contribution < 1.29 is 9.53 Å². The molecule has 0 bridgehead atoms. The number of carbonyl (C=O) groups is 1. The molecule has 0 aliphatic carbocycles. The molecule has 1 saturated heterocycles. The predicted molar refractivity (Wildman–Crippen MR) is 90.7 cm³/mol. The second kappa shape index (κ2) is 6.69. The number of ether oxygens (including phenoxy) is 1. The largest absolute Gasteiger partial charge is 0.446 e. The monoisotopic (exact) mass is 329 g/mol. The smallest absolute Gasteiger partial charge is 0.430 e. The number of carbonyl (C=O) groups excluding carboxylic acids is 1. The normalized spacial score (nSPS) is 14.6. The number of aromatic nitrogens is 2. The van der Waals surface area contributed by atoms with E-state index in [0.29, 0.717) is 43.3 Å². The number of hydrazone groups is 1. The summed E-state index contributed by atoms with van der Waals surface area (Å²) in [6, 6.07) is 5.39. The van der Waals surface area contributed by atoms with Gasteiger partial charge in [0.1, 0.15) is 23.6 Å². The van der Waals surface area contributed by atoms with Gasteiger partial charge in [0.05, 0.1) is 12.8 Å². The van der Waals surface area contributed by atoms with Crippen LogP contribution in [0.4, 0.5) is 10.6 Å². The number of hydrogen-bond acceptors (Lipinski definition) is 6. The Morgan fingerprint density at radius 3 is 2.79 bits per heavy atom. The molecule has 126 valence electrons. The Hall–Kier alpha value is -2.90. The average molecular weight is 329 g/mol. The molecular formula is C16H19N5O3. The number of pyridine rings is 1. The summed E-state index contributed by atoms with van der Waals surface area (Å²) in [5.41, 5.74) is 0.697. The van der Waals surface area contributed by atoms with Gasteiger partial charge in [0.15, 0.2) is 0 Å². The zero-order valence-corrected chi connectivity index (χ0v) is 13.7. The molecule has 2 aromatic heterocycles. The van der Waals surface area contributed by atoms with Crippen molar-refractivity contribution in [1.82, 2.24) is 14.4 Å². The lowest BCUT2D eigenvalue weighted by atomic mass is 10.2. The zero-order valence-electron chi connectivity index (χ0n) is 13.7. The van der Waals surface area contributed by atoms with E-state index >= 15 is 0 Å². The Balaban J connectivity index is 2.14. The average Bonchev–Trinajstić information content (AvgIpc) is 3.01. The highest BCUT2D eigenvalue weighted by Gasteiger charge is 2.22. The molecule has 0 aromatic carbocycles. The third kappa shape index (κ3) is 2.82. The van der Waals surface area contributed by atoms with Crippen molar-refractivity contribution >= 4 is 23.8 Å². The van der Waals surface area contributed by atoms with Crippen LogP contribution in [-0.4, -0.2) is 52.9 Å². The van der Waals surface area contributed by atoms with E-state index in [4.69, 9.17) is 4.74 Å². The maximum absolute atomic E-state index is 12.8. The third-order valence-electron chi connectivity index (χ3n) is 3.88. The Morgan fingerprint density at radius 1 is 1.33 bits per heavy atom. The topological polar surface area (TPSA) is 79.5 Å². The minimum atomic E-state index is -0.510. The van der Waals surface area contributed by atoms with Crippen LogP contribution in [0.2, 0.25) is 0 Å². The lowest BCUT2D eigenvalue weighted by molar-refractivity contribution is 0.159. The van der Waals surface area contributed by atoms with Crippen molar-refractivity contribution in [3.8, 4) is 0 Å². The lowest BCUT2D eigenvalue weighted by Gasteiger charge is -2.22. The van der Waals surface area contributed by atoms with Crippen LogP contribution in [0.25, 0.3) is 5.65 Å². The fourth-order valence-corrected chi connectivity index (χ4v) is 2.59. The van der Waals surface area contributed by atoms with Crippen LogP contribution in [0.1, 0.15) is 19.4 Å². The van der Waals surface area contributed by atoms with E-state index in [1.807, 2.05) is 24.8 Å². The summed E-state index contributed by atoms with van der Waals surface area (Å²) in [6.07, 6.45) is 2.55. The van der Waals surface area contributed by atoms with Crippen LogP contribution in [0.15, 0.2) is 34.3 Å². The quantitative estimate of drug-likeness (QED) is 0.773. The summed E-state index contributed by atoms with van der Waals surface area (Å²) in [5.74, 6) is 0.563. The molecule has 8 nitrogen and oxygen atoms in total. The van der Waals surface area contributed by atoms with Gasteiger partial charge in [0, 0.05) is 19.3 Å². The van der Waals surface area contributed by atoms with E-state index in [1.165, 1.54) is 15.6 Å². The minimum absolute atomic E-state index is 0.223. The van der Waals surface area contributed by atoms with Crippen LogP contribution < -0.4 is 10.5 Å². The number of cyclic esters (lactones) is 1. The molecule has 0 radical (unpaired) electrons. The first-order chi connectivity index (χ1) is 11.7. The zero-order chi connectivity index (χ0) is 17.1. The fourth-order valence-electron chi connectivity index (χ4n) is 2.59. The van der Waals surface area contributed by atoms with E-state index in [1.54, 1.807) is 18.3 Å². The molecule has 8 heteroatoms. The van der Waals surface area contributed by atoms with Crippen molar-refractivity contribution in [3.05, 3.63) is 40.3 Å². The van der Waals surface area contributed by atoms with Crippen LogP contribution in [0, 0.1) is 0 Å². The first-order valence-electron chi connectivity index (χ1n) is 7.90. The molecule has 0 saturated carbocycles. The molecule has 1 aliphatic heterocycles. The van der Waals surface area contributed by atoms with Crippen molar-refractivity contribution in [3.63, 3.8) is 0 Å². The second-order valence-electron chi connectivity index (χ2n) is 5.24. The number of nitrogens with zero attached hydrogens (tertiary/aromatic N) is 5. The van der Waals surface area contributed by atoms with Gasteiger partial charge in [0.25, 0.3) is 5.56 Å². The van der Waals surface area contributed by atoms with Gasteiger partial charge in [-0.15, -0.1) is 0 Å². The predicted octanol–water partition coefficient (Wildman–Crippen LogP) is 1.33. The van der Waals surface area contributed by atoms with Crippen LogP contribution in [-0.2, 0) is 4.74 Å². The van der Waals surface area contributed by atoms with Gasteiger partial charge in [-0.25, -0.2) is 9.78 Å². The van der Waals surface area contributed by atoms with Gasteiger partial charge in [0.2, 0.25) is 0 Å². The molecule has 0 unspecified atom stereocenters. The SMILES string of the molecule is CCN(CC)c1nc2ccccn2c(=O)c1C=NN1CCOC1=O. The lowest BCUT2D eigenvalue weighted by Crippen LogP contribution is -2.30. The van der Waals surface area contributed by atoms with Gasteiger partial charge in [-0.2, -0.15) is 10.1 Å².